The zero-order valence-electron chi connectivity index (χ0n) is 11.0. The van der Waals surface area contributed by atoms with Crippen LogP contribution < -0.4 is 10.1 Å². The molecule has 1 aliphatic heterocycles. The van der Waals surface area contributed by atoms with E-state index in [9.17, 15) is 4.79 Å². The summed E-state index contributed by atoms with van der Waals surface area (Å²) in [5.41, 5.74) is 1.15. The number of nitrogens with zero attached hydrogens (tertiary/aromatic N) is 1. The van der Waals surface area contributed by atoms with E-state index in [-0.39, 0.29) is 11.9 Å². The van der Waals surface area contributed by atoms with Gasteiger partial charge in [-0.3, -0.25) is 4.79 Å². The molecule has 2 rings (SSSR count). The second kappa shape index (κ2) is 5.87. The van der Waals surface area contributed by atoms with Crippen LogP contribution in [-0.2, 0) is 4.79 Å². The Morgan fingerprint density at radius 2 is 2.28 bits per heavy atom. The highest BCUT2D eigenvalue weighted by Crippen LogP contribution is 2.31. The molecule has 0 aliphatic carbocycles. The molecule has 0 bridgehead atoms. The lowest BCUT2D eigenvalue weighted by molar-refractivity contribution is -0.128. The van der Waals surface area contributed by atoms with Crippen molar-refractivity contribution < 1.29 is 9.53 Å². The molecule has 0 aromatic heterocycles. The van der Waals surface area contributed by atoms with Crippen molar-refractivity contribution in [2.45, 2.75) is 19.4 Å². The summed E-state index contributed by atoms with van der Waals surface area (Å²) < 4.78 is 5.59. The Balaban J connectivity index is 1.97. The lowest BCUT2D eigenvalue weighted by Gasteiger charge is -2.27. The van der Waals surface area contributed by atoms with E-state index in [1.54, 1.807) is 4.90 Å². The van der Waals surface area contributed by atoms with E-state index in [1.807, 2.05) is 32.2 Å². The van der Waals surface area contributed by atoms with Gasteiger partial charge in [-0.1, -0.05) is 18.2 Å². The quantitative estimate of drug-likeness (QED) is 0.879. The number of likely N-dealkylation sites (N-methyl/N-ethyl adjacent to an activating group) is 1. The van der Waals surface area contributed by atoms with E-state index >= 15 is 0 Å². The largest absolute Gasteiger partial charge is 0.493 e. The van der Waals surface area contributed by atoms with Crippen molar-refractivity contribution in [3.05, 3.63) is 29.8 Å². The lowest BCUT2D eigenvalue weighted by atomic mass is 10.0. The van der Waals surface area contributed by atoms with Crippen LogP contribution in [0.5, 0.6) is 5.75 Å². The van der Waals surface area contributed by atoms with Crippen LogP contribution in [0.15, 0.2) is 24.3 Å². The highest BCUT2D eigenvalue weighted by atomic mass is 16.5. The Labute approximate surface area is 108 Å². The molecule has 4 nitrogen and oxygen atoms in total. The molecule has 1 aromatic rings. The predicted molar refractivity (Wildman–Crippen MR) is 70.6 cm³/mol. The molecule has 0 saturated carbocycles. The van der Waals surface area contributed by atoms with Crippen LogP contribution in [0.1, 0.15) is 24.9 Å². The van der Waals surface area contributed by atoms with Gasteiger partial charge in [0.15, 0.2) is 0 Å². The first kappa shape index (κ1) is 12.9. The van der Waals surface area contributed by atoms with Gasteiger partial charge in [0.05, 0.1) is 13.2 Å². The molecule has 1 atom stereocenters. The summed E-state index contributed by atoms with van der Waals surface area (Å²) in [6, 6.07) is 8.21. The van der Waals surface area contributed by atoms with Gasteiger partial charge in [0.2, 0.25) is 5.91 Å². The van der Waals surface area contributed by atoms with Crippen LogP contribution in [0.25, 0.3) is 0 Å². The van der Waals surface area contributed by atoms with E-state index in [0.717, 1.165) is 24.3 Å². The number of carbonyl (C=O) groups excluding carboxylic acids is 1. The van der Waals surface area contributed by atoms with Crippen molar-refractivity contribution >= 4 is 5.91 Å². The van der Waals surface area contributed by atoms with E-state index in [0.29, 0.717) is 13.2 Å². The molecule has 1 amide bonds. The third-order valence-electron chi connectivity index (χ3n) is 3.36. The number of carbonyl (C=O) groups is 1. The molecular weight excluding hydrogens is 228 g/mol. The van der Waals surface area contributed by atoms with Crippen molar-refractivity contribution in [3.8, 4) is 5.75 Å². The van der Waals surface area contributed by atoms with Crippen molar-refractivity contribution in [3.63, 3.8) is 0 Å². The topological polar surface area (TPSA) is 41.6 Å². The second-order valence-electron chi connectivity index (χ2n) is 4.52. The number of rotatable bonds is 4. The molecule has 0 saturated heterocycles. The zero-order valence-corrected chi connectivity index (χ0v) is 11.0. The Bertz CT molecular complexity index is 420. The fourth-order valence-corrected chi connectivity index (χ4v) is 2.08. The van der Waals surface area contributed by atoms with Crippen LogP contribution in [0.3, 0.4) is 0 Å². The van der Waals surface area contributed by atoms with Gasteiger partial charge in [-0.25, -0.2) is 0 Å². The first-order valence-corrected chi connectivity index (χ1v) is 6.41. The number of benzene rings is 1. The van der Waals surface area contributed by atoms with Gasteiger partial charge in [-0.15, -0.1) is 0 Å². The van der Waals surface area contributed by atoms with Crippen LogP contribution in [0.4, 0.5) is 0 Å². The third-order valence-corrected chi connectivity index (χ3v) is 3.36. The van der Waals surface area contributed by atoms with Crippen molar-refractivity contribution in [2.24, 2.45) is 0 Å². The molecule has 0 spiro atoms. The SMILES string of the molecule is CCN(C)C(=O)CNC1CCOc2ccccc21. The highest BCUT2D eigenvalue weighted by Gasteiger charge is 2.21. The standard InChI is InChI=1S/C14H20N2O2/c1-3-16(2)14(17)10-15-12-8-9-18-13-7-5-4-6-11(12)13/h4-7,12,15H,3,8-10H2,1-2H3. The van der Waals surface area contributed by atoms with Crippen molar-refractivity contribution in [1.29, 1.82) is 0 Å². The molecule has 1 unspecified atom stereocenters. The average molecular weight is 248 g/mol. The molecule has 1 aromatic carbocycles. The molecule has 0 fully saturated rings. The first-order chi connectivity index (χ1) is 8.72. The van der Waals surface area contributed by atoms with Gasteiger partial charge in [0.25, 0.3) is 0 Å². The third kappa shape index (κ3) is 2.82. The minimum absolute atomic E-state index is 0.126. The van der Waals surface area contributed by atoms with Crippen LogP contribution in [0, 0.1) is 0 Å². The fraction of sp³-hybridized carbons (Fsp3) is 0.500. The maximum absolute atomic E-state index is 11.8. The van der Waals surface area contributed by atoms with Gasteiger partial charge in [0, 0.05) is 31.6 Å². The number of hydrogen-bond acceptors (Lipinski definition) is 3. The molecule has 98 valence electrons. The smallest absolute Gasteiger partial charge is 0.236 e. The molecule has 4 heteroatoms. The molecule has 1 aliphatic rings. The van der Waals surface area contributed by atoms with E-state index in [2.05, 4.69) is 11.4 Å². The normalized spacial score (nSPS) is 17.8. The number of amides is 1. The monoisotopic (exact) mass is 248 g/mol. The van der Waals surface area contributed by atoms with E-state index in [4.69, 9.17) is 4.74 Å². The summed E-state index contributed by atoms with van der Waals surface area (Å²) in [4.78, 5) is 13.5. The summed E-state index contributed by atoms with van der Waals surface area (Å²) in [6.07, 6.45) is 0.903. The van der Waals surface area contributed by atoms with Crippen LogP contribution >= 0.6 is 0 Å². The van der Waals surface area contributed by atoms with Crippen molar-refractivity contribution in [2.75, 3.05) is 26.7 Å². The summed E-state index contributed by atoms with van der Waals surface area (Å²) in [5, 5.41) is 3.32. The number of nitrogens with one attached hydrogen (secondary N) is 1. The maximum Gasteiger partial charge on any atom is 0.236 e. The second-order valence-corrected chi connectivity index (χ2v) is 4.52. The Morgan fingerprint density at radius 3 is 3.06 bits per heavy atom. The highest BCUT2D eigenvalue weighted by molar-refractivity contribution is 5.78. The average Bonchev–Trinajstić information content (AvgIpc) is 2.43. The molecular formula is C14H20N2O2. The number of hydrogen-bond donors (Lipinski definition) is 1. The molecule has 0 radical (unpaired) electrons. The number of para-hydroxylation sites is 1. The zero-order chi connectivity index (χ0) is 13.0. The van der Waals surface area contributed by atoms with E-state index < -0.39 is 0 Å². The van der Waals surface area contributed by atoms with Crippen LogP contribution in [0.2, 0.25) is 0 Å². The van der Waals surface area contributed by atoms with Gasteiger partial charge in [0.1, 0.15) is 5.75 Å². The Hall–Kier alpha value is -1.55. The minimum atomic E-state index is 0.126. The molecule has 18 heavy (non-hydrogen) atoms. The Kier molecular flexibility index (Phi) is 4.20. The van der Waals surface area contributed by atoms with Crippen LogP contribution in [-0.4, -0.2) is 37.6 Å². The van der Waals surface area contributed by atoms with E-state index in [1.165, 1.54) is 0 Å². The first-order valence-electron chi connectivity index (χ1n) is 6.41. The Morgan fingerprint density at radius 1 is 1.50 bits per heavy atom. The van der Waals surface area contributed by atoms with Gasteiger partial charge in [-0.2, -0.15) is 0 Å². The fourth-order valence-electron chi connectivity index (χ4n) is 2.08. The maximum atomic E-state index is 11.8. The number of ether oxygens (including phenoxy) is 1. The molecule has 1 N–H and O–H groups in total. The molecule has 1 heterocycles. The summed E-state index contributed by atoms with van der Waals surface area (Å²) in [6.45, 7) is 3.79. The summed E-state index contributed by atoms with van der Waals surface area (Å²) >= 11 is 0. The van der Waals surface area contributed by atoms with Gasteiger partial charge < -0.3 is 15.0 Å². The van der Waals surface area contributed by atoms with Gasteiger partial charge in [-0.05, 0) is 13.0 Å². The predicted octanol–water partition coefficient (Wildman–Crippen LogP) is 1.58. The van der Waals surface area contributed by atoms with Gasteiger partial charge >= 0.3 is 0 Å². The summed E-state index contributed by atoms with van der Waals surface area (Å²) in [5.74, 6) is 1.05. The van der Waals surface area contributed by atoms with Crippen molar-refractivity contribution in [1.82, 2.24) is 10.2 Å². The minimum Gasteiger partial charge on any atom is -0.493 e. The summed E-state index contributed by atoms with van der Waals surface area (Å²) in [7, 11) is 1.82. The number of fused-ring (bicyclic) bond motifs is 1. The lowest BCUT2D eigenvalue weighted by Crippen LogP contribution is -2.38.